The molecule has 0 spiro atoms. The molecule has 1 aromatic rings. The van der Waals surface area contributed by atoms with Crippen LogP contribution >= 0.6 is 0 Å². The van der Waals surface area contributed by atoms with E-state index in [1.165, 1.54) is 16.7 Å². The van der Waals surface area contributed by atoms with Crippen molar-refractivity contribution < 1.29 is 4.74 Å². The van der Waals surface area contributed by atoms with Crippen molar-refractivity contribution in [2.45, 2.75) is 39.2 Å². The Labute approximate surface area is 104 Å². The molecule has 1 aliphatic heterocycles. The average molecular weight is 233 g/mol. The van der Waals surface area contributed by atoms with Crippen LogP contribution in [0.4, 0.5) is 0 Å². The molecule has 2 N–H and O–H groups in total. The average Bonchev–Trinajstić information content (AvgIpc) is 2.33. The van der Waals surface area contributed by atoms with Gasteiger partial charge in [-0.2, -0.15) is 0 Å². The van der Waals surface area contributed by atoms with Crippen LogP contribution in [0.25, 0.3) is 0 Å². The molecule has 0 radical (unpaired) electrons. The third-order valence-corrected chi connectivity index (χ3v) is 4.20. The van der Waals surface area contributed by atoms with Crippen molar-refractivity contribution in [2.24, 2.45) is 11.7 Å². The van der Waals surface area contributed by atoms with Gasteiger partial charge in [0.2, 0.25) is 0 Å². The third-order valence-electron chi connectivity index (χ3n) is 4.20. The van der Waals surface area contributed by atoms with Crippen LogP contribution in [0.5, 0.6) is 0 Å². The van der Waals surface area contributed by atoms with E-state index in [2.05, 4.69) is 39.0 Å². The Morgan fingerprint density at radius 3 is 2.41 bits per heavy atom. The van der Waals surface area contributed by atoms with Crippen LogP contribution in [0.2, 0.25) is 0 Å². The summed E-state index contributed by atoms with van der Waals surface area (Å²) in [6.07, 6.45) is 2.14. The zero-order valence-electron chi connectivity index (χ0n) is 11.1. The van der Waals surface area contributed by atoms with E-state index in [4.69, 9.17) is 10.5 Å². The van der Waals surface area contributed by atoms with Gasteiger partial charge in [0.1, 0.15) is 0 Å². The topological polar surface area (TPSA) is 35.2 Å². The molecule has 1 atom stereocenters. The van der Waals surface area contributed by atoms with E-state index in [-0.39, 0.29) is 5.54 Å². The number of nitrogens with two attached hydrogens (primary N) is 1. The first-order valence-electron chi connectivity index (χ1n) is 6.46. The minimum absolute atomic E-state index is 0.234. The van der Waals surface area contributed by atoms with Crippen molar-refractivity contribution in [1.29, 1.82) is 0 Å². The molecule has 1 heterocycles. The maximum Gasteiger partial charge on any atom is 0.0469 e. The fourth-order valence-corrected chi connectivity index (χ4v) is 2.61. The summed E-state index contributed by atoms with van der Waals surface area (Å²) >= 11 is 0. The zero-order chi connectivity index (χ0) is 12.5. The first kappa shape index (κ1) is 12.6. The van der Waals surface area contributed by atoms with E-state index >= 15 is 0 Å². The highest BCUT2D eigenvalue weighted by atomic mass is 16.5. The Balaban J connectivity index is 2.26. The molecule has 2 nitrogen and oxygen atoms in total. The van der Waals surface area contributed by atoms with Crippen LogP contribution in [0.1, 0.15) is 36.5 Å². The lowest BCUT2D eigenvalue weighted by atomic mass is 9.76. The van der Waals surface area contributed by atoms with Gasteiger partial charge in [0, 0.05) is 18.8 Å². The monoisotopic (exact) mass is 233 g/mol. The summed E-state index contributed by atoms with van der Waals surface area (Å²) < 4.78 is 5.42. The van der Waals surface area contributed by atoms with Gasteiger partial charge in [-0.1, -0.05) is 18.2 Å². The molecule has 2 heteroatoms. The second-order valence-electron chi connectivity index (χ2n) is 5.47. The molecule has 1 unspecified atom stereocenters. The quantitative estimate of drug-likeness (QED) is 0.852. The Bertz CT molecular complexity index is 392. The Morgan fingerprint density at radius 2 is 1.82 bits per heavy atom. The van der Waals surface area contributed by atoms with Crippen LogP contribution in [-0.4, -0.2) is 13.2 Å². The van der Waals surface area contributed by atoms with Gasteiger partial charge >= 0.3 is 0 Å². The van der Waals surface area contributed by atoms with Crippen molar-refractivity contribution >= 4 is 0 Å². The van der Waals surface area contributed by atoms with Gasteiger partial charge in [0.25, 0.3) is 0 Å². The van der Waals surface area contributed by atoms with Crippen LogP contribution in [-0.2, 0) is 10.3 Å². The van der Waals surface area contributed by atoms with Crippen molar-refractivity contribution in [3.63, 3.8) is 0 Å². The number of aryl methyl sites for hydroxylation is 2. The molecule has 1 fully saturated rings. The van der Waals surface area contributed by atoms with E-state index in [0.717, 1.165) is 26.1 Å². The SMILES string of the molecule is Cc1ccc(C(C)(N)C2CCOCC2)cc1C. The Morgan fingerprint density at radius 1 is 1.18 bits per heavy atom. The van der Waals surface area contributed by atoms with Crippen LogP contribution in [0.3, 0.4) is 0 Å². The molecule has 17 heavy (non-hydrogen) atoms. The van der Waals surface area contributed by atoms with Gasteiger partial charge in [-0.15, -0.1) is 0 Å². The first-order valence-corrected chi connectivity index (χ1v) is 6.46. The fraction of sp³-hybridized carbons (Fsp3) is 0.600. The van der Waals surface area contributed by atoms with Crippen molar-refractivity contribution in [3.8, 4) is 0 Å². The molecule has 0 aromatic heterocycles. The van der Waals surface area contributed by atoms with Crippen LogP contribution in [0, 0.1) is 19.8 Å². The van der Waals surface area contributed by atoms with E-state index in [0.29, 0.717) is 5.92 Å². The summed E-state index contributed by atoms with van der Waals surface area (Å²) in [7, 11) is 0. The van der Waals surface area contributed by atoms with Gasteiger partial charge in [-0.3, -0.25) is 0 Å². The predicted molar refractivity (Wildman–Crippen MR) is 71.0 cm³/mol. The number of ether oxygens (including phenoxy) is 1. The van der Waals surface area contributed by atoms with E-state index in [1.54, 1.807) is 0 Å². The van der Waals surface area contributed by atoms with Crippen molar-refractivity contribution in [2.75, 3.05) is 13.2 Å². The molecular formula is C15H23NO. The molecule has 2 rings (SSSR count). The summed E-state index contributed by atoms with van der Waals surface area (Å²) in [5.41, 5.74) is 10.3. The standard InChI is InChI=1S/C15H23NO/c1-11-4-5-14(10-12(11)2)15(3,16)13-6-8-17-9-7-13/h4-5,10,13H,6-9,16H2,1-3H3. The summed E-state index contributed by atoms with van der Waals surface area (Å²) in [6.45, 7) is 8.15. The van der Waals surface area contributed by atoms with Gasteiger partial charge in [0.05, 0.1) is 0 Å². The molecular weight excluding hydrogens is 210 g/mol. The smallest absolute Gasteiger partial charge is 0.0469 e. The lowest BCUT2D eigenvalue weighted by Crippen LogP contribution is -2.43. The molecule has 0 saturated carbocycles. The molecule has 1 saturated heterocycles. The predicted octanol–water partition coefficient (Wildman–Crippen LogP) is 2.90. The third kappa shape index (κ3) is 2.53. The van der Waals surface area contributed by atoms with Gasteiger partial charge < -0.3 is 10.5 Å². The Kier molecular flexibility index (Phi) is 3.55. The normalized spacial score (nSPS) is 21.2. The largest absolute Gasteiger partial charge is 0.381 e. The molecule has 1 aliphatic rings. The number of rotatable bonds is 2. The Hall–Kier alpha value is -0.860. The lowest BCUT2D eigenvalue weighted by Gasteiger charge is -2.37. The van der Waals surface area contributed by atoms with E-state index < -0.39 is 0 Å². The minimum atomic E-state index is -0.234. The minimum Gasteiger partial charge on any atom is -0.381 e. The van der Waals surface area contributed by atoms with Gasteiger partial charge in [-0.25, -0.2) is 0 Å². The second-order valence-corrected chi connectivity index (χ2v) is 5.47. The summed E-state index contributed by atoms with van der Waals surface area (Å²) in [5, 5.41) is 0. The van der Waals surface area contributed by atoms with Crippen LogP contribution < -0.4 is 5.73 Å². The summed E-state index contributed by atoms with van der Waals surface area (Å²) in [5.74, 6) is 0.526. The van der Waals surface area contributed by atoms with Crippen LogP contribution in [0.15, 0.2) is 18.2 Å². The maximum absolute atomic E-state index is 6.58. The highest BCUT2D eigenvalue weighted by Crippen LogP contribution is 2.34. The first-order chi connectivity index (χ1) is 8.01. The zero-order valence-corrected chi connectivity index (χ0v) is 11.1. The fourth-order valence-electron chi connectivity index (χ4n) is 2.61. The molecule has 0 bridgehead atoms. The van der Waals surface area contributed by atoms with E-state index in [1.807, 2.05) is 0 Å². The maximum atomic E-state index is 6.58. The van der Waals surface area contributed by atoms with E-state index in [9.17, 15) is 0 Å². The number of hydrogen-bond acceptors (Lipinski definition) is 2. The summed E-state index contributed by atoms with van der Waals surface area (Å²) in [4.78, 5) is 0. The number of hydrogen-bond donors (Lipinski definition) is 1. The van der Waals surface area contributed by atoms with Crippen molar-refractivity contribution in [1.82, 2.24) is 0 Å². The van der Waals surface area contributed by atoms with Gasteiger partial charge in [-0.05, 0) is 56.2 Å². The highest BCUT2D eigenvalue weighted by Gasteiger charge is 2.33. The van der Waals surface area contributed by atoms with Crippen molar-refractivity contribution in [3.05, 3.63) is 34.9 Å². The second kappa shape index (κ2) is 4.79. The number of benzene rings is 1. The lowest BCUT2D eigenvalue weighted by molar-refractivity contribution is 0.0411. The van der Waals surface area contributed by atoms with Gasteiger partial charge in [0.15, 0.2) is 0 Å². The molecule has 1 aromatic carbocycles. The molecule has 0 aliphatic carbocycles. The molecule has 94 valence electrons. The summed E-state index contributed by atoms with van der Waals surface area (Å²) in [6, 6.07) is 6.59. The highest BCUT2D eigenvalue weighted by molar-refractivity contribution is 5.34. The molecule has 0 amide bonds.